The van der Waals surface area contributed by atoms with Crippen LogP contribution in [0.15, 0.2) is 40.9 Å². The van der Waals surface area contributed by atoms with Crippen LogP contribution >= 0.6 is 11.3 Å². The van der Waals surface area contributed by atoms with Crippen molar-refractivity contribution in [2.24, 2.45) is 5.92 Å². The van der Waals surface area contributed by atoms with Crippen LogP contribution in [0.1, 0.15) is 15.2 Å². The van der Waals surface area contributed by atoms with E-state index in [9.17, 15) is 13.2 Å². The predicted octanol–water partition coefficient (Wildman–Crippen LogP) is 1.04. The average Bonchev–Trinajstić information content (AvgIpc) is 3.25. The second-order valence-electron chi connectivity index (χ2n) is 5.81. The van der Waals surface area contributed by atoms with Gasteiger partial charge < -0.3 is 10.1 Å². The van der Waals surface area contributed by atoms with Gasteiger partial charge in [-0.15, -0.1) is 11.3 Å². The minimum atomic E-state index is -3.70. The summed E-state index contributed by atoms with van der Waals surface area (Å²) in [7, 11) is -2.19. The van der Waals surface area contributed by atoms with Crippen LogP contribution in [-0.2, 0) is 21.2 Å². The second kappa shape index (κ2) is 7.61. The smallest absolute Gasteiger partial charge is 0.261 e. The van der Waals surface area contributed by atoms with Gasteiger partial charge in [0.05, 0.1) is 29.0 Å². The summed E-state index contributed by atoms with van der Waals surface area (Å²) in [5.74, 6) is -0.250. The van der Waals surface area contributed by atoms with Crippen LogP contribution in [0, 0.1) is 5.92 Å². The van der Waals surface area contributed by atoms with Crippen LogP contribution in [-0.4, -0.2) is 45.6 Å². The lowest BCUT2D eigenvalue weighted by atomic mass is 9.96. The van der Waals surface area contributed by atoms with E-state index in [-0.39, 0.29) is 22.8 Å². The fourth-order valence-corrected chi connectivity index (χ4v) is 5.23. The van der Waals surface area contributed by atoms with Crippen molar-refractivity contribution < 1.29 is 17.9 Å². The molecule has 0 spiro atoms. The summed E-state index contributed by atoms with van der Waals surface area (Å²) in [4.78, 5) is 16.1. The quantitative estimate of drug-likeness (QED) is 0.779. The van der Waals surface area contributed by atoms with Crippen LogP contribution in [0.5, 0.6) is 0 Å². The first-order valence-corrected chi connectivity index (χ1v) is 10.2. The van der Waals surface area contributed by atoms with Gasteiger partial charge in [0.25, 0.3) is 5.91 Å². The summed E-state index contributed by atoms with van der Waals surface area (Å²) in [6.07, 6.45) is 4.15. The van der Waals surface area contributed by atoms with Crippen molar-refractivity contribution in [1.29, 1.82) is 0 Å². The topological polar surface area (TPSA) is 97.4 Å². The number of amides is 1. The van der Waals surface area contributed by atoms with E-state index in [0.717, 1.165) is 16.9 Å². The van der Waals surface area contributed by atoms with Gasteiger partial charge in [-0.25, -0.2) is 13.1 Å². The molecule has 1 aliphatic rings. The molecule has 1 fully saturated rings. The summed E-state index contributed by atoms with van der Waals surface area (Å²) in [6.45, 7) is 0.837. The Bertz CT molecular complexity index is 836. The first-order chi connectivity index (χ1) is 12.0. The summed E-state index contributed by atoms with van der Waals surface area (Å²) >= 11 is 1.10. The van der Waals surface area contributed by atoms with Crippen molar-refractivity contribution in [3.05, 3.63) is 46.4 Å². The third-order valence-corrected chi connectivity index (χ3v) is 6.64. The Morgan fingerprint density at radius 3 is 2.84 bits per heavy atom. The SMILES string of the molecule is CNC(=O)c1cc(S(=O)(=O)N[C@@H]2COC[C@H]2Cc2ccncc2)cs1. The Kier molecular flexibility index (Phi) is 5.48. The number of sulfonamides is 1. The number of hydrogen-bond donors (Lipinski definition) is 2. The summed E-state index contributed by atoms with van der Waals surface area (Å²) in [5.41, 5.74) is 1.09. The second-order valence-corrected chi connectivity index (χ2v) is 8.44. The zero-order chi connectivity index (χ0) is 17.9. The van der Waals surface area contributed by atoms with E-state index in [1.165, 1.54) is 18.5 Å². The number of carbonyl (C=O) groups is 1. The zero-order valence-electron chi connectivity index (χ0n) is 13.6. The van der Waals surface area contributed by atoms with Gasteiger partial charge in [-0.05, 0) is 30.2 Å². The minimum Gasteiger partial charge on any atom is -0.379 e. The Labute approximate surface area is 150 Å². The number of ether oxygens (including phenoxy) is 1. The Hall–Kier alpha value is -1.81. The molecule has 134 valence electrons. The van der Waals surface area contributed by atoms with E-state index in [4.69, 9.17) is 4.74 Å². The lowest BCUT2D eigenvalue weighted by Gasteiger charge is -2.18. The van der Waals surface area contributed by atoms with E-state index >= 15 is 0 Å². The van der Waals surface area contributed by atoms with Gasteiger partial charge in [-0.2, -0.15) is 0 Å². The molecule has 0 bridgehead atoms. The molecular formula is C16H19N3O4S2. The molecular weight excluding hydrogens is 362 g/mol. The highest BCUT2D eigenvalue weighted by atomic mass is 32.2. The molecule has 3 heterocycles. The van der Waals surface area contributed by atoms with Crippen molar-refractivity contribution in [1.82, 2.24) is 15.0 Å². The highest BCUT2D eigenvalue weighted by molar-refractivity contribution is 7.89. The average molecular weight is 381 g/mol. The van der Waals surface area contributed by atoms with Gasteiger partial charge >= 0.3 is 0 Å². The minimum absolute atomic E-state index is 0.0502. The van der Waals surface area contributed by atoms with Gasteiger partial charge in [0, 0.05) is 30.7 Å². The predicted molar refractivity (Wildman–Crippen MR) is 94.1 cm³/mol. The number of pyridine rings is 1. The standard InChI is InChI=1S/C16H19N3O4S2/c1-17-16(20)15-7-13(10-24-15)25(21,22)19-14-9-23-8-12(14)6-11-2-4-18-5-3-11/h2-5,7,10,12,14,19H,6,8-9H2,1H3,(H,17,20)/t12-,14-/m1/s1. The molecule has 2 atom stereocenters. The summed E-state index contributed by atoms with van der Waals surface area (Å²) < 4.78 is 33.4. The molecule has 2 aromatic heterocycles. The van der Waals surface area contributed by atoms with Gasteiger partial charge in [0.1, 0.15) is 0 Å². The van der Waals surface area contributed by atoms with Crippen LogP contribution in [0.3, 0.4) is 0 Å². The molecule has 0 unspecified atom stereocenters. The molecule has 25 heavy (non-hydrogen) atoms. The number of hydrogen-bond acceptors (Lipinski definition) is 6. The first kappa shape index (κ1) is 18.0. The van der Waals surface area contributed by atoms with Crippen LogP contribution in [0.2, 0.25) is 0 Å². The van der Waals surface area contributed by atoms with Crippen molar-refractivity contribution >= 4 is 27.3 Å². The molecule has 2 aromatic rings. The number of carbonyl (C=O) groups excluding carboxylic acids is 1. The van der Waals surface area contributed by atoms with Gasteiger partial charge in [0.2, 0.25) is 10.0 Å². The van der Waals surface area contributed by atoms with Gasteiger partial charge in [-0.3, -0.25) is 9.78 Å². The van der Waals surface area contributed by atoms with Crippen molar-refractivity contribution in [3.63, 3.8) is 0 Å². The number of aromatic nitrogens is 1. The van der Waals surface area contributed by atoms with Crippen LogP contribution in [0.25, 0.3) is 0 Å². The molecule has 0 aromatic carbocycles. The van der Waals surface area contributed by atoms with E-state index in [0.29, 0.717) is 24.5 Å². The third kappa shape index (κ3) is 4.24. The maximum absolute atomic E-state index is 12.6. The normalized spacial score (nSPS) is 20.5. The summed E-state index contributed by atoms with van der Waals surface area (Å²) in [6, 6.07) is 4.91. The molecule has 1 amide bonds. The molecule has 1 aliphatic heterocycles. The monoisotopic (exact) mass is 381 g/mol. The van der Waals surface area contributed by atoms with Gasteiger partial charge in [0.15, 0.2) is 0 Å². The number of rotatable bonds is 6. The van der Waals surface area contributed by atoms with Crippen LogP contribution in [0.4, 0.5) is 0 Å². The largest absolute Gasteiger partial charge is 0.379 e. The molecule has 0 aliphatic carbocycles. The van der Waals surface area contributed by atoms with E-state index in [1.54, 1.807) is 12.4 Å². The molecule has 0 saturated carbocycles. The van der Waals surface area contributed by atoms with Crippen LogP contribution < -0.4 is 10.0 Å². The van der Waals surface area contributed by atoms with E-state index in [2.05, 4.69) is 15.0 Å². The number of nitrogens with zero attached hydrogens (tertiary/aromatic N) is 1. The number of thiophene rings is 1. The van der Waals surface area contributed by atoms with Crippen molar-refractivity contribution in [3.8, 4) is 0 Å². The molecule has 3 rings (SSSR count). The maximum Gasteiger partial charge on any atom is 0.261 e. The zero-order valence-corrected chi connectivity index (χ0v) is 15.3. The third-order valence-electron chi connectivity index (χ3n) is 4.09. The lowest BCUT2D eigenvalue weighted by molar-refractivity contribution is 0.0967. The Morgan fingerprint density at radius 2 is 2.12 bits per heavy atom. The maximum atomic E-state index is 12.6. The molecule has 0 radical (unpaired) electrons. The molecule has 2 N–H and O–H groups in total. The fourth-order valence-electron chi connectivity index (χ4n) is 2.72. The van der Waals surface area contributed by atoms with E-state index in [1.807, 2.05) is 12.1 Å². The first-order valence-electron chi connectivity index (χ1n) is 7.79. The van der Waals surface area contributed by atoms with Gasteiger partial charge in [-0.1, -0.05) is 0 Å². The van der Waals surface area contributed by atoms with Crippen molar-refractivity contribution in [2.45, 2.75) is 17.4 Å². The number of nitrogens with one attached hydrogen (secondary N) is 2. The highest BCUT2D eigenvalue weighted by Gasteiger charge is 2.32. The highest BCUT2D eigenvalue weighted by Crippen LogP contribution is 2.23. The molecule has 7 nitrogen and oxygen atoms in total. The molecule has 9 heteroatoms. The fraction of sp³-hybridized carbons (Fsp3) is 0.375. The lowest BCUT2D eigenvalue weighted by Crippen LogP contribution is -2.40. The van der Waals surface area contributed by atoms with E-state index < -0.39 is 10.0 Å². The van der Waals surface area contributed by atoms with Crippen molar-refractivity contribution in [2.75, 3.05) is 20.3 Å². The Balaban J connectivity index is 1.71. The summed E-state index contributed by atoms with van der Waals surface area (Å²) in [5, 5.41) is 3.96. The molecule has 1 saturated heterocycles. The Morgan fingerprint density at radius 1 is 1.36 bits per heavy atom.